The Morgan fingerprint density at radius 1 is 1.07 bits per heavy atom. The molecule has 158 valence electrons. The molecule has 3 aliphatic rings. The van der Waals surface area contributed by atoms with Gasteiger partial charge in [-0.05, 0) is 49.1 Å². The molecule has 2 aliphatic heterocycles. The number of rotatable bonds is 4. The summed E-state index contributed by atoms with van der Waals surface area (Å²) in [6.07, 6.45) is 4.71. The lowest BCUT2D eigenvalue weighted by Gasteiger charge is -2.44. The minimum absolute atomic E-state index is 0.213. The molecular weight excluding hydrogens is 362 g/mol. The number of hydrogen-bond acceptors (Lipinski definition) is 3. The van der Waals surface area contributed by atoms with Crippen LogP contribution in [0.25, 0.3) is 0 Å². The van der Waals surface area contributed by atoms with Crippen molar-refractivity contribution in [2.24, 2.45) is 16.7 Å². The smallest absolute Gasteiger partial charge is 0.229 e. The summed E-state index contributed by atoms with van der Waals surface area (Å²) >= 11 is 0. The fourth-order valence-corrected chi connectivity index (χ4v) is 6.38. The highest BCUT2D eigenvalue weighted by molar-refractivity contribution is 5.84. The second-order valence-electron chi connectivity index (χ2n) is 9.64. The van der Waals surface area contributed by atoms with Crippen molar-refractivity contribution in [1.82, 2.24) is 14.7 Å². The zero-order valence-electron chi connectivity index (χ0n) is 18.2. The van der Waals surface area contributed by atoms with Gasteiger partial charge in [-0.2, -0.15) is 0 Å². The third-order valence-corrected chi connectivity index (χ3v) is 8.01. The van der Waals surface area contributed by atoms with Gasteiger partial charge >= 0.3 is 0 Å². The second kappa shape index (κ2) is 7.75. The van der Waals surface area contributed by atoms with Gasteiger partial charge in [0, 0.05) is 40.3 Å². The van der Waals surface area contributed by atoms with Gasteiger partial charge in [0.2, 0.25) is 11.8 Å². The van der Waals surface area contributed by atoms with Gasteiger partial charge in [0.1, 0.15) is 0 Å². The SMILES string of the molecule is CCN1C[C@@H]2C3(CCN(C(=O)Cc4ccccc4)CC3)CC[C@]2(C(=O)N(C)C)C1. The maximum atomic E-state index is 13.2. The average molecular weight is 398 g/mol. The summed E-state index contributed by atoms with van der Waals surface area (Å²) in [6.45, 7) is 6.82. The van der Waals surface area contributed by atoms with Crippen LogP contribution in [0.5, 0.6) is 0 Å². The van der Waals surface area contributed by atoms with Gasteiger partial charge in [0.25, 0.3) is 0 Å². The first kappa shape index (κ1) is 20.4. The number of benzene rings is 1. The first-order valence-corrected chi connectivity index (χ1v) is 11.2. The summed E-state index contributed by atoms with van der Waals surface area (Å²) in [5, 5.41) is 0. The van der Waals surface area contributed by atoms with Crippen LogP contribution in [0.15, 0.2) is 30.3 Å². The molecule has 2 atom stereocenters. The summed E-state index contributed by atoms with van der Waals surface area (Å²) in [5.74, 6) is 0.982. The van der Waals surface area contributed by atoms with Crippen LogP contribution in [0.2, 0.25) is 0 Å². The molecule has 1 saturated carbocycles. The topological polar surface area (TPSA) is 43.9 Å². The van der Waals surface area contributed by atoms with E-state index in [0.717, 1.165) is 64.0 Å². The molecule has 5 nitrogen and oxygen atoms in total. The van der Waals surface area contributed by atoms with Crippen LogP contribution in [0, 0.1) is 16.7 Å². The Hall–Kier alpha value is -1.88. The van der Waals surface area contributed by atoms with E-state index in [2.05, 4.69) is 16.7 Å². The van der Waals surface area contributed by atoms with Crippen LogP contribution >= 0.6 is 0 Å². The Labute approximate surface area is 175 Å². The van der Waals surface area contributed by atoms with E-state index in [0.29, 0.717) is 18.2 Å². The molecule has 0 aromatic heterocycles. The quantitative estimate of drug-likeness (QED) is 0.785. The molecule has 3 fully saturated rings. The molecule has 0 unspecified atom stereocenters. The van der Waals surface area contributed by atoms with E-state index in [1.54, 1.807) is 0 Å². The molecule has 1 spiro atoms. The molecule has 4 rings (SSSR count). The number of likely N-dealkylation sites (tertiary alicyclic amines) is 2. The van der Waals surface area contributed by atoms with Gasteiger partial charge in [-0.25, -0.2) is 0 Å². The predicted octanol–water partition coefficient (Wildman–Crippen LogP) is 2.66. The van der Waals surface area contributed by atoms with E-state index in [9.17, 15) is 9.59 Å². The number of hydrogen-bond donors (Lipinski definition) is 0. The van der Waals surface area contributed by atoms with Gasteiger partial charge in [-0.3, -0.25) is 9.59 Å². The molecule has 1 aromatic rings. The standard InChI is InChI=1S/C24H35N3O2/c1-4-26-17-20-23(10-11-24(20,18-26)22(29)25(2)3)12-14-27(15-13-23)21(28)16-19-8-6-5-7-9-19/h5-9,20H,4,10-18H2,1-3H3/t20-,24+/m1/s1. The Morgan fingerprint density at radius 2 is 1.76 bits per heavy atom. The van der Waals surface area contributed by atoms with Crippen LogP contribution < -0.4 is 0 Å². The molecule has 5 heteroatoms. The van der Waals surface area contributed by atoms with E-state index in [1.807, 2.05) is 49.3 Å². The maximum absolute atomic E-state index is 13.2. The molecule has 0 bridgehead atoms. The third kappa shape index (κ3) is 3.48. The summed E-state index contributed by atoms with van der Waals surface area (Å²) in [7, 11) is 3.80. The first-order chi connectivity index (χ1) is 13.9. The fraction of sp³-hybridized carbons (Fsp3) is 0.667. The minimum Gasteiger partial charge on any atom is -0.348 e. The Morgan fingerprint density at radius 3 is 2.38 bits per heavy atom. The van der Waals surface area contributed by atoms with Crippen molar-refractivity contribution < 1.29 is 9.59 Å². The summed E-state index contributed by atoms with van der Waals surface area (Å²) in [5.41, 5.74) is 1.10. The molecule has 1 aromatic carbocycles. The molecule has 2 heterocycles. The molecule has 29 heavy (non-hydrogen) atoms. The van der Waals surface area contributed by atoms with Crippen molar-refractivity contribution in [3.8, 4) is 0 Å². The van der Waals surface area contributed by atoms with Crippen molar-refractivity contribution in [3.63, 3.8) is 0 Å². The molecule has 0 N–H and O–H groups in total. The van der Waals surface area contributed by atoms with Crippen LogP contribution in [0.1, 0.15) is 38.2 Å². The molecule has 1 aliphatic carbocycles. The van der Waals surface area contributed by atoms with Crippen LogP contribution in [0.4, 0.5) is 0 Å². The number of amides is 2. The summed E-state index contributed by atoms with van der Waals surface area (Å²) < 4.78 is 0. The van der Waals surface area contributed by atoms with E-state index >= 15 is 0 Å². The van der Waals surface area contributed by atoms with Crippen LogP contribution in [-0.4, -0.2) is 73.3 Å². The largest absolute Gasteiger partial charge is 0.348 e. The highest BCUT2D eigenvalue weighted by Crippen LogP contribution is 2.62. The van der Waals surface area contributed by atoms with Gasteiger partial charge < -0.3 is 14.7 Å². The second-order valence-corrected chi connectivity index (χ2v) is 9.64. The number of carbonyl (C=O) groups excluding carboxylic acids is 2. The minimum atomic E-state index is -0.213. The maximum Gasteiger partial charge on any atom is 0.229 e. The zero-order valence-corrected chi connectivity index (χ0v) is 18.2. The van der Waals surface area contributed by atoms with E-state index in [1.165, 1.54) is 0 Å². The predicted molar refractivity (Wildman–Crippen MR) is 114 cm³/mol. The van der Waals surface area contributed by atoms with Crippen LogP contribution in [-0.2, 0) is 16.0 Å². The fourth-order valence-electron chi connectivity index (χ4n) is 6.38. The Kier molecular flexibility index (Phi) is 5.45. The van der Waals surface area contributed by atoms with E-state index in [-0.39, 0.29) is 16.7 Å². The van der Waals surface area contributed by atoms with Gasteiger partial charge in [-0.1, -0.05) is 37.3 Å². The van der Waals surface area contributed by atoms with Crippen LogP contribution in [0.3, 0.4) is 0 Å². The van der Waals surface area contributed by atoms with Crippen molar-refractivity contribution in [1.29, 1.82) is 0 Å². The first-order valence-electron chi connectivity index (χ1n) is 11.2. The van der Waals surface area contributed by atoms with Crippen molar-refractivity contribution in [2.45, 2.75) is 39.0 Å². The number of nitrogens with zero attached hydrogens (tertiary/aromatic N) is 3. The summed E-state index contributed by atoms with van der Waals surface area (Å²) in [6, 6.07) is 10.0. The number of carbonyl (C=O) groups is 2. The normalized spacial score (nSPS) is 28.5. The van der Waals surface area contributed by atoms with Gasteiger partial charge in [-0.15, -0.1) is 0 Å². The number of fused-ring (bicyclic) bond motifs is 2. The van der Waals surface area contributed by atoms with Crippen molar-refractivity contribution >= 4 is 11.8 Å². The molecule has 0 radical (unpaired) electrons. The van der Waals surface area contributed by atoms with Gasteiger partial charge in [0.15, 0.2) is 0 Å². The van der Waals surface area contributed by atoms with Gasteiger partial charge in [0.05, 0.1) is 11.8 Å². The van der Waals surface area contributed by atoms with E-state index in [4.69, 9.17) is 0 Å². The molecular formula is C24H35N3O2. The Bertz CT molecular complexity index is 755. The molecule has 2 saturated heterocycles. The highest BCUT2D eigenvalue weighted by atomic mass is 16.2. The average Bonchev–Trinajstić information content (AvgIpc) is 3.25. The number of piperidine rings is 1. The Balaban J connectivity index is 1.46. The van der Waals surface area contributed by atoms with E-state index < -0.39 is 0 Å². The highest BCUT2D eigenvalue weighted by Gasteiger charge is 2.64. The zero-order chi connectivity index (χ0) is 20.6. The lowest BCUT2D eigenvalue weighted by atomic mass is 9.65. The monoisotopic (exact) mass is 397 g/mol. The van der Waals surface area contributed by atoms with Crippen molar-refractivity contribution in [3.05, 3.63) is 35.9 Å². The molecule has 2 amide bonds. The lowest BCUT2D eigenvalue weighted by Crippen LogP contribution is -2.49. The summed E-state index contributed by atoms with van der Waals surface area (Å²) in [4.78, 5) is 32.4. The lowest BCUT2D eigenvalue weighted by molar-refractivity contribution is -0.142. The third-order valence-electron chi connectivity index (χ3n) is 8.01. The van der Waals surface area contributed by atoms with Crippen molar-refractivity contribution in [2.75, 3.05) is 46.8 Å².